The lowest BCUT2D eigenvalue weighted by Crippen LogP contribution is -2.55. The van der Waals surface area contributed by atoms with E-state index >= 15 is 0 Å². The maximum Gasteiger partial charge on any atom is 0.293 e. The van der Waals surface area contributed by atoms with E-state index in [1.165, 1.54) is 17.7 Å². The van der Waals surface area contributed by atoms with Gasteiger partial charge in [0.2, 0.25) is 5.88 Å². The molecule has 17 nitrogen and oxygen atoms in total. The van der Waals surface area contributed by atoms with Gasteiger partial charge in [0.15, 0.2) is 0 Å². The molecular weight excluding hydrogens is 877 g/mol. The number of nitro benzene ring substituents is 1. The number of nitrogens with one attached hydrogen (secondary N) is 3. The van der Waals surface area contributed by atoms with Crippen LogP contribution in [0.4, 0.5) is 28.4 Å². The van der Waals surface area contributed by atoms with Crippen molar-refractivity contribution >= 4 is 55.4 Å². The number of rotatable bonds is 12. The van der Waals surface area contributed by atoms with Gasteiger partial charge in [-0.05, 0) is 124 Å². The molecule has 1 amide bonds. The van der Waals surface area contributed by atoms with Crippen molar-refractivity contribution in [3.63, 3.8) is 0 Å². The first-order chi connectivity index (χ1) is 32.2. The summed E-state index contributed by atoms with van der Waals surface area (Å²) in [7, 11) is -4.59. The molecule has 5 aliphatic rings. The largest absolute Gasteiger partial charge is 0.476 e. The Balaban J connectivity index is 0.894. The van der Waals surface area contributed by atoms with Gasteiger partial charge in [-0.1, -0.05) is 24.3 Å². The second-order valence-electron chi connectivity index (χ2n) is 19.2. The fourth-order valence-corrected chi connectivity index (χ4v) is 12.0. The van der Waals surface area contributed by atoms with Gasteiger partial charge in [0, 0.05) is 61.6 Å². The molecule has 1 aliphatic carbocycles. The van der Waals surface area contributed by atoms with Crippen LogP contribution in [0.1, 0.15) is 86.3 Å². The van der Waals surface area contributed by atoms with E-state index in [1.54, 1.807) is 12.3 Å². The first-order valence-electron chi connectivity index (χ1n) is 23.4. The molecule has 4 aliphatic heterocycles. The van der Waals surface area contributed by atoms with Gasteiger partial charge >= 0.3 is 0 Å². The molecule has 5 aromatic rings. The van der Waals surface area contributed by atoms with Crippen LogP contribution in [0.5, 0.6) is 5.88 Å². The summed E-state index contributed by atoms with van der Waals surface area (Å²) in [6.45, 7) is 8.73. The summed E-state index contributed by atoms with van der Waals surface area (Å²) in [5, 5.41) is 27.0. The number of aromatic amines is 1. The number of carbonyl (C=O) groups excluding carboxylic acids is 1. The van der Waals surface area contributed by atoms with Crippen LogP contribution in [-0.4, -0.2) is 111 Å². The number of nitrogens with zero attached hydrogens (tertiary/aromatic N) is 5. The van der Waals surface area contributed by atoms with E-state index in [2.05, 4.69) is 43.0 Å². The molecular formula is C49H58N8O9S. The molecule has 4 fully saturated rings. The Kier molecular flexibility index (Phi) is 12.1. The number of likely N-dealkylation sites (tertiary alicyclic amines) is 1. The summed E-state index contributed by atoms with van der Waals surface area (Å²) in [5.41, 5.74) is 4.04. The molecule has 3 aromatic carbocycles. The number of nitro groups is 1. The molecule has 18 heteroatoms. The monoisotopic (exact) mass is 934 g/mol. The SMILES string of the molecule is CC(C)(O)c1ccccc1[C@@H]1CCCN1C1CC2(CCN(c3ccc(C(=O)NS(=O)(=O)c4ccc(NC[C@H]5COCCO5)c([N+](=O)[O-])c4)c(N4CCCOc5nc6[nH]ccc6cc54)c3)CC2)C1. The standard InChI is InChI=1S/C49H58N8O9S/c1-48(2,59)39-8-4-3-7-37(39)41-9-5-18-55(41)34-28-49(29-34)15-20-54(21-16-49)33-10-12-38(42(26-33)56-19-6-22-66-47-44(56)25-32-14-17-50-45(32)52-47)46(58)53-67(62,63)36-11-13-40(43(27-36)57(60)61)51-30-35-31-64-23-24-65-35/h3-4,7-8,10-14,17,25-27,34-35,41,51,59H,5-6,9,15-16,18-24,28-31H2,1-2H3,(H,50,52)(H,53,58)/t35-,41-/m0/s1. The second-order valence-corrected chi connectivity index (χ2v) is 20.9. The Hall–Kier alpha value is -5.79. The van der Waals surface area contributed by atoms with Crippen molar-refractivity contribution in [3.05, 3.63) is 106 Å². The molecule has 4 N–H and O–H groups in total. The Morgan fingerprint density at radius 3 is 2.58 bits per heavy atom. The molecule has 67 heavy (non-hydrogen) atoms. The third-order valence-electron chi connectivity index (χ3n) is 14.4. The molecule has 1 saturated carbocycles. The van der Waals surface area contributed by atoms with E-state index in [0.29, 0.717) is 74.4 Å². The van der Waals surface area contributed by atoms with Gasteiger partial charge in [-0.25, -0.2) is 13.1 Å². The van der Waals surface area contributed by atoms with Gasteiger partial charge in [-0.2, -0.15) is 4.98 Å². The quantitative estimate of drug-likeness (QED) is 0.0725. The summed E-state index contributed by atoms with van der Waals surface area (Å²) < 4.78 is 47.3. The number of amides is 1. The van der Waals surface area contributed by atoms with Crippen molar-refractivity contribution in [3.8, 4) is 5.88 Å². The highest BCUT2D eigenvalue weighted by Crippen LogP contribution is 2.54. The fraction of sp³-hybridized carbons (Fsp3) is 0.469. The van der Waals surface area contributed by atoms with Crippen LogP contribution in [0.2, 0.25) is 0 Å². The van der Waals surface area contributed by atoms with Crippen LogP contribution in [0.25, 0.3) is 11.0 Å². The Bertz CT molecular complexity index is 2770. The molecule has 0 radical (unpaired) electrons. The number of aliphatic hydroxyl groups is 1. The van der Waals surface area contributed by atoms with E-state index in [-0.39, 0.29) is 29.3 Å². The van der Waals surface area contributed by atoms with E-state index in [1.807, 2.05) is 49.1 Å². The van der Waals surface area contributed by atoms with Crippen molar-refractivity contribution in [2.24, 2.45) is 5.41 Å². The minimum atomic E-state index is -4.59. The fourth-order valence-electron chi connectivity index (χ4n) is 11.0. The Labute approximate surface area is 390 Å². The minimum absolute atomic E-state index is 0.110. The van der Waals surface area contributed by atoms with E-state index in [0.717, 1.165) is 80.9 Å². The average Bonchev–Trinajstić information content (AvgIpc) is 3.94. The zero-order chi connectivity index (χ0) is 46.5. The van der Waals surface area contributed by atoms with Crippen molar-refractivity contribution in [2.45, 2.75) is 87.5 Å². The average molecular weight is 935 g/mol. The third-order valence-corrected chi connectivity index (χ3v) is 15.8. The smallest absolute Gasteiger partial charge is 0.293 e. The summed E-state index contributed by atoms with van der Waals surface area (Å²) in [4.78, 5) is 40.4. The van der Waals surface area contributed by atoms with Crippen LogP contribution < -0.4 is 24.6 Å². The molecule has 3 saturated heterocycles. The second kappa shape index (κ2) is 18.0. The molecule has 0 bridgehead atoms. The molecule has 0 unspecified atom stereocenters. The van der Waals surface area contributed by atoms with Crippen LogP contribution in [0.15, 0.2) is 83.9 Å². The topological polar surface area (TPSA) is 205 Å². The molecule has 6 heterocycles. The molecule has 2 atom stereocenters. The van der Waals surface area contributed by atoms with E-state index < -0.39 is 37.0 Å². The van der Waals surface area contributed by atoms with Gasteiger partial charge in [-0.3, -0.25) is 19.8 Å². The molecule has 2 aromatic heterocycles. The van der Waals surface area contributed by atoms with Crippen molar-refractivity contribution in [1.82, 2.24) is 19.6 Å². The van der Waals surface area contributed by atoms with Crippen LogP contribution in [-0.2, 0) is 25.1 Å². The molecule has 1 spiro atoms. The number of hydrogen-bond acceptors (Lipinski definition) is 14. The van der Waals surface area contributed by atoms with Crippen LogP contribution in [0, 0.1) is 15.5 Å². The minimum Gasteiger partial charge on any atom is -0.476 e. The highest BCUT2D eigenvalue weighted by Gasteiger charge is 2.50. The molecule has 354 valence electrons. The molecule has 10 rings (SSSR count). The zero-order valence-corrected chi connectivity index (χ0v) is 38.7. The lowest BCUT2D eigenvalue weighted by atomic mass is 9.59. The lowest BCUT2D eigenvalue weighted by Gasteiger charge is -2.56. The number of carbonyl (C=O) groups is 1. The maximum atomic E-state index is 14.4. The summed E-state index contributed by atoms with van der Waals surface area (Å²) in [5.74, 6) is -0.490. The van der Waals surface area contributed by atoms with E-state index in [9.17, 15) is 28.4 Å². The van der Waals surface area contributed by atoms with Crippen molar-refractivity contribution in [1.29, 1.82) is 0 Å². The predicted molar refractivity (Wildman–Crippen MR) is 254 cm³/mol. The number of benzene rings is 3. The van der Waals surface area contributed by atoms with Gasteiger partial charge in [0.05, 0.1) is 59.2 Å². The first kappa shape index (κ1) is 45.0. The zero-order valence-electron chi connectivity index (χ0n) is 37.9. The highest BCUT2D eigenvalue weighted by molar-refractivity contribution is 7.90. The number of pyridine rings is 1. The number of sulfonamides is 1. The van der Waals surface area contributed by atoms with Gasteiger partial charge < -0.3 is 39.4 Å². The normalized spacial score (nSPS) is 21.4. The van der Waals surface area contributed by atoms with Crippen LogP contribution in [0.3, 0.4) is 0 Å². The number of H-pyrrole nitrogens is 1. The number of anilines is 4. The number of piperidine rings is 1. The van der Waals surface area contributed by atoms with Crippen LogP contribution >= 0.6 is 0 Å². The van der Waals surface area contributed by atoms with Crippen molar-refractivity contribution in [2.75, 3.05) is 74.3 Å². The Morgan fingerprint density at radius 1 is 0.985 bits per heavy atom. The van der Waals surface area contributed by atoms with E-state index in [4.69, 9.17) is 19.2 Å². The maximum absolute atomic E-state index is 14.4. The number of aromatic nitrogens is 2. The Morgan fingerprint density at radius 2 is 1.81 bits per heavy atom. The number of ether oxygens (including phenoxy) is 3. The van der Waals surface area contributed by atoms with Crippen molar-refractivity contribution < 1.29 is 37.5 Å². The third kappa shape index (κ3) is 9.04. The number of hydrogen-bond donors (Lipinski definition) is 4. The lowest BCUT2D eigenvalue weighted by molar-refractivity contribution is -0.384. The van der Waals surface area contributed by atoms with Gasteiger partial charge in [0.1, 0.15) is 17.0 Å². The summed E-state index contributed by atoms with van der Waals surface area (Å²) in [6.07, 6.45) is 8.64. The highest BCUT2D eigenvalue weighted by atomic mass is 32.2. The van der Waals surface area contributed by atoms with Gasteiger partial charge in [0.25, 0.3) is 21.6 Å². The summed E-state index contributed by atoms with van der Waals surface area (Å²) in [6, 6.07) is 22.0. The van der Waals surface area contributed by atoms with Gasteiger partial charge in [-0.15, -0.1) is 0 Å². The number of fused-ring (bicyclic) bond motifs is 2. The predicted octanol–water partition coefficient (Wildman–Crippen LogP) is 7.15. The first-order valence-corrected chi connectivity index (χ1v) is 24.9. The summed E-state index contributed by atoms with van der Waals surface area (Å²) >= 11 is 0.